The molecule has 3 heterocycles. The van der Waals surface area contributed by atoms with Gasteiger partial charge in [0.05, 0.1) is 17.0 Å². The van der Waals surface area contributed by atoms with Gasteiger partial charge in [0.1, 0.15) is 23.8 Å². The SMILES string of the molecule is Cc1ccnc(N2C(=O)c3oc4ccc(C)cc4c(=O)c3C2c2cccc(OCc3ccccc3)c2)c1. The van der Waals surface area contributed by atoms with Crippen molar-refractivity contribution in [2.45, 2.75) is 26.5 Å². The maximum absolute atomic E-state index is 13.9. The number of fused-ring (bicyclic) bond motifs is 2. The summed E-state index contributed by atoms with van der Waals surface area (Å²) < 4.78 is 12.1. The van der Waals surface area contributed by atoms with Gasteiger partial charge in [-0.1, -0.05) is 54.1 Å². The molecule has 0 aliphatic carbocycles. The van der Waals surface area contributed by atoms with Gasteiger partial charge >= 0.3 is 0 Å². The van der Waals surface area contributed by atoms with E-state index in [9.17, 15) is 9.59 Å². The van der Waals surface area contributed by atoms with E-state index in [1.807, 2.05) is 86.6 Å². The first-order chi connectivity index (χ1) is 18.0. The van der Waals surface area contributed by atoms with Gasteiger partial charge in [0.2, 0.25) is 5.76 Å². The van der Waals surface area contributed by atoms with Crippen molar-refractivity contribution in [3.05, 3.63) is 135 Å². The standard InChI is InChI=1S/C31H24N2O4/c1-19-11-12-25-24(15-19)29(34)27-28(33(31(35)30(27)37-25)26-16-20(2)13-14-32-26)22-9-6-10-23(17-22)36-18-21-7-4-3-5-8-21/h3-17,28H,18H2,1-2H3. The minimum Gasteiger partial charge on any atom is -0.489 e. The van der Waals surface area contributed by atoms with Crippen LogP contribution in [0.5, 0.6) is 5.75 Å². The van der Waals surface area contributed by atoms with Crippen LogP contribution in [0.4, 0.5) is 5.82 Å². The highest BCUT2D eigenvalue weighted by Gasteiger charge is 2.44. The zero-order chi connectivity index (χ0) is 25.5. The molecule has 0 saturated heterocycles. The Hall–Kier alpha value is -4.71. The monoisotopic (exact) mass is 488 g/mol. The first-order valence-electron chi connectivity index (χ1n) is 12.1. The second-order valence-corrected chi connectivity index (χ2v) is 9.29. The van der Waals surface area contributed by atoms with Gasteiger partial charge in [0.25, 0.3) is 5.91 Å². The summed E-state index contributed by atoms with van der Waals surface area (Å²) in [5.41, 5.74) is 4.15. The Labute approximate surface area is 213 Å². The van der Waals surface area contributed by atoms with Gasteiger partial charge in [-0.3, -0.25) is 14.5 Å². The van der Waals surface area contributed by atoms with Crippen molar-refractivity contribution in [2.75, 3.05) is 4.90 Å². The molecule has 6 rings (SSSR count). The number of anilines is 1. The first-order valence-corrected chi connectivity index (χ1v) is 12.1. The Morgan fingerprint density at radius 3 is 2.51 bits per heavy atom. The Morgan fingerprint density at radius 2 is 1.70 bits per heavy atom. The minimum absolute atomic E-state index is 0.0465. The van der Waals surface area contributed by atoms with Crippen LogP contribution in [0.2, 0.25) is 0 Å². The average molecular weight is 489 g/mol. The van der Waals surface area contributed by atoms with Gasteiger partial charge < -0.3 is 9.15 Å². The van der Waals surface area contributed by atoms with Crippen molar-refractivity contribution in [1.82, 2.24) is 4.98 Å². The molecule has 0 spiro atoms. The summed E-state index contributed by atoms with van der Waals surface area (Å²) in [4.78, 5) is 33.6. The molecule has 0 saturated carbocycles. The van der Waals surface area contributed by atoms with Crippen molar-refractivity contribution in [3.8, 4) is 5.75 Å². The molecule has 1 unspecified atom stereocenters. The zero-order valence-corrected chi connectivity index (χ0v) is 20.5. The molecule has 1 aliphatic heterocycles. The summed E-state index contributed by atoms with van der Waals surface area (Å²) in [5.74, 6) is 0.746. The van der Waals surface area contributed by atoms with E-state index in [0.717, 1.165) is 22.3 Å². The van der Waals surface area contributed by atoms with Gasteiger partial charge in [-0.15, -0.1) is 0 Å². The van der Waals surface area contributed by atoms with Crippen LogP contribution in [-0.2, 0) is 6.61 Å². The highest BCUT2D eigenvalue weighted by Crippen LogP contribution is 2.41. The van der Waals surface area contributed by atoms with E-state index in [0.29, 0.717) is 34.7 Å². The van der Waals surface area contributed by atoms with Crippen molar-refractivity contribution in [2.24, 2.45) is 0 Å². The van der Waals surface area contributed by atoms with Gasteiger partial charge in [0.15, 0.2) is 5.43 Å². The number of ether oxygens (including phenoxy) is 1. The molecular weight excluding hydrogens is 464 g/mol. The summed E-state index contributed by atoms with van der Waals surface area (Å²) in [5, 5.41) is 0.451. The Balaban J connectivity index is 1.50. The molecule has 182 valence electrons. The third kappa shape index (κ3) is 4.06. The molecule has 0 N–H and O–H groups in total. The van der Waals surface area contributed by atoms with E-state index in [-0.39, 0.29) is 11.2 Å². The number of aromatic nitrogens is 1. The van der Waals surface area contributed by atoms with Crippen LogP contribution in [0.25, 0.3) is 11.0 Å². The quantitative estimate of drug-likeness (QED) is 0.297. The smallest absolute Gasteiger partial charge is 0.296 e. The molecular formula is C31H24N2O4. The Kier molecular flexibility index (Phi) is 5.57. The van der Waals surface area contributed by atoms with Crippen LogP contribution in [0.1, 0.15) is 44.4 Å². The Bertz CT molecular complexity index is 1710. The summed E-state index contributed by atoms with van der Waals surface area (Å²) in [7, 11) is 0. The lowest BCUT2D eigenvalue weighted by atomic mass is 9.98. The van der Waals surface area contributed by atoms with E-state index in [1.54, 1.807) is 23.2 Å². The first kappa shape index (κ1) is 22.7. The number of benzene rings is 3. The largest absolute Gasteiger partial charge is 0.489 e. The lowest BCUT2D eigenvalue weighted by Gasteiger charge is -2.24. The molecule has 37 heavy (non-hydrogen) atoms. The number of hydrogen-bond donors (Lipinski definition) is 0. The normalized spacial score (nSPS) is 14.7. The highest BCUT2D eigenvalue weighted by molar-refractivity contribution is 6.10. The third-order valence-corrected chi connectivity index (χ3v) is 6.60. The lowest BCUT2D eigenvalue weighted by molar-refractivity contribution is 0.0970. The van der Waals surface area contributed by atoms with Crippen molar-refractivity contribution in [3.63, 3.8) is 0 Å². The van der Waals surface area contributed by atoms with Gasteiger partial charge in [-0.2, -0.15) is 0 Å². The molecule has 1 atom stereocenters. The zero-order valence-electron chi connectivity index (χ0n) is 20.5. The van der Waals surface area contributed by atoms with Crippen LogP contribution in [0, 0.1) is 13.8 Å². The number of amides is 1. The van der Waals surface area contributed by atoms with E-state index < -0.39 is 11.9 Å². The molecule has 1 amide bonds. The predicted octanol–water partition coefficient (Wildman–Crippen LogP) is 6.13. The molecule has 0 fully saturated rings. The summed E-state index contributed by atoms with van der Waals surface area (Å²) >= 11 is 0. The number of hydrogen-bond acceptors (Lipinski definition) is 5. The van der Waals surface area contributed by atoms with E-state index in [4.69, 9.17) is 9.15 Å². The van der Waals surface area contributed by atoms with Crippen LogP contribution in [0.15, 0.2) is 100 Å². The topological polar surface area (TPSA) is 72.6 Å². The highest BCUT2D eigenvalue weighted by atomic mass is 16.5. The number of aryl methyl sites for hydroxylation is 2. The van der Waals surface area contributed by atoms with Gasteiger partial charge in [0, 0.05) is 6.20 Å². The minimum atomic E-state index is -0.710. The molecule has 3 aromatic carbocycles. The van der Waals surface area contributed by atoms with Crippen LogP contribution in [-0.4, -0.2) is 10.9 Å². The third-order valence-electron chi connectivity index (χ3n) is 6.60. The average Bonchev–Trinajstić information content (AvgIpc) is 3.21. The number of pyridine rings is 1. The number of carbonyl (C=O) groups excluding carboxylic acids is 1. The fraction of sp³-hybridized carbons (Fsp3) is 0.129. The van der Waals surface area contributed by atoms with E-state index >= 15 is 0 Å². The maximum atomic E-state index is 13.9. The number of rotatable bonds is 5. The van der Waals surface area contributed by atoms with Crippen LogP contribution < -0.4 is 15.1 Å². The molecule has 6 nitrogen and oxygen atoms in total. The summed E-state index contributed by atoms with van der Waals surface area (Å²) in [6.07, 6.45) is 1.66. The molecule has 2 aromatic heterocycles. The number of nitrogens with zero attached hydrogens (tertiary/aromatic N) is 2. The predicted molar refractivity (Wildman–Crippen MR) is 142 cm³/mol. The lowest BCUT2D eigenvalue weighted by Crippen LogP contribution is -2.30. The molecule has 0 bridgehead atoms. The molecule has 0 radical (unpaired) electrons. The summed E-state index contributed by atoms with van der Waals surface area (Å²) in [6.45, 7) is 4.26. The van der Waals surface area contributed by atoms with Crippen LogP contribution in [0.3, 0.4) is 0 Å². The van der Waals surface area contributed by atoms with Crippen molar-refractivity contribution >= 4 is 22.7 Å². The van der Waals surface area contributed by atoms with Crippen LogP contribution >= 0.6 is 0 Å². The number of carbonyl (C=O) groups is 1. The second-order valence-electron chi connectivity index (χ2n) is 9.29. The maximum Gasteiger partial charge on any atom is 0.296 e. The summed E-state index contributed by atoms with van der Waals surface area (Å²) in [6, 6.07) is 25.8. The van der Waals surface area contributed by atoms with E-state index in [2.05, 4.69) is 4.98 Å². The molecule has 1 aliphatic rings. The Morgan fingerprint density at radius 1 is 0.892 bits per heavy atom. The van der Waals surface area contributed by atoms with Crippen molar-refractivity contribution < 1.29 is 13.9 Å². The fourth-order valence-corrected chi connectivity index (χ4v) is 4.81. The molecule has 5 aromatic rings. The second kappa shape index (κ2) is 9.06. The molecule has 6 heteroatoms. The van der Waals surface area contributed by atoms with Gasteiger partial charge in [-0.05, 0) is 66.9 Å². The van der Waals surface area contributed by atoms with E-state index in [1.165, 1.54) is 0 Å². The van der Waals surface area contributed by atoms with Crippen molar-refractivity contribution in [1.29, 1.82) is 0 Å². The van der Waals surface area contributed by atoms with Gasteiger partial charge in [-0.25, -0.2) is 4.98 Å². The fourth-order valence-electron chi connectivity index (χ4n) is 4.81.